The summed E-state index contributed by atoms with van der Waals surface area (Å²) in [5.74, 6) is -1.07. The van der Waals surface area contributed by atoms with Gasteiger partial charge in [-0.3, -0.25) is 4.79 Å². The first-order chi connectivity index (χ1) is 7.56. The zero-order valence-corrected chi connectivity index (χ0v) is 9.41. The van der Waals surface area contributed by atoms with Crippen LogP contribution in [-0.2, 0) is 4.79 Å². The van der Waals surface area contributed by atoms with Crippen LogP contribution in [0.25, 0.3) is 0 Å². The summed E-state index contributed by atoms with van der Waals surface area (Å²) in [5.41, 5.74) is 1.37. The molecule has 2 N–H and O–H groups in total. The minimum absolute atomic E-state index is 0.0897. The minimum Gasteiger partial charge on any atom is -0.478 e. The van der Waals surface area contributed by atoms with Gasteiger partial charge in [-0.15, -0.1) is 0 Å². The molecule has 1 aromatic rings. The average Bonchev–Trinajstić information content (AvgIpc) is 2.21. The third kappa shape index (κ3) is 2.82. The van der Waals surface area contributed by atoms with E-state index < -0.39 is 5.97 Å². The van der Waals surface area contributed by atoms with Crippen LogP contribution in [0.5, 0.6) is 0 Å². The fraction of sp³-hybridized carbons (Fsp3) is 0.333. The first-order valence-corrected chi connectivity index (χ1v) is 5.19. The highest BCUT2D eigenvalue weighted by atomic mass is 16.4. The number of carbonyl (C=O) groups excluding carboxylic acids is 1. The summed E-state index contributed by atoms with van der Waals surface area (Å²) < 4.78 is 0. The highest BCUT2D eigenvalue weighted by molar-refractivity contribution is 5.95. The second kappa shape index (κ2) is 5.30. The highest BCUT2D eigenvalue weighted by Gasteiger charge is 2.11. The van der Waals surface area contributed by atoms with Crippen LogP contribution >= 0.6 is 0 Å². The number of nitrogens with one attached hydrogen (secondary N) is 1. The molecule has 0 radical (unpaired) electrons. The molecule has 0 atom stereocenters. The van der Waals surface area contributed by atoms with Crippen LogP contribution in [-0.4, -0.2) is 17.0 Å². The quantitative estimate of drug-likeness (QED) is 0.820. The molecule has 0 aliphatic carbocycles. The van der Waals surface area contributed by atoms with E-state index in [9.17, 15) is 9.59 Å². The van der Waals surface area contributed by atoms with Gasteiger partial charge in [0, 0.05) is 12.1 Å². The maximum Gasteiger partial charge on any atom is 0.336 e. The molecule has 0 saturated heterocycles. The van der Waals surface area contributed by atoms with Gasteiger partial charge in [0.1, 0.15) is 0 Å². The lowest BCUT2D eigenvalue weighted by molar-refractivity contribution is -0.116. The molecule has 0 fully saturated rings. The number of rotatable bonds is 4. The molecule has 0 unspecified atom stereocenters. The number of hydrogen-bond donors (Lipinski definition) is 2. The third-order valence-electron chi connectivity index (χ3n) is 2.32. The van der Waals surface area contributed by atoms with Crippen LogP contribution in [0.3, 0.4) is 0 Å². The summed E-state index contributed by atoms with van der Waals surface area (Å²) in [5, 5.41) is 11.6. The van der Waals surface area contributed by atoms with E-state index in [4.69, 9.17) is 5.11 Å². The van der Waals surface area contributed by atoms with Gasteiger partial charge in [-0.25, -0.2) is 4.79 Å². The van der Waals surface area contributed by atoms with Gasteiger partial charge in [0.15, 0.2) is 0 Å². The van der Waals surface area contributed by atoms with E-state index >= 15 is 0 Å². The summed E-state index contributed by atoms with van der Waals surface area (Å²) in [4.78, 5) is 22.3. The van der Waals surface area contributed by atoms with Gasteiger partial charge in [0.25, 0.3) is 0 Å². The van der Waals surface area contributed by atoms with Gasteiger partial charge in [-0.2, -0.15) is 0 Å². The van der Waals surface area contributed by atoms with Crippen molar-refractivity contribution >= 4 is 17.6 Å². The molecular weight excluding hydrogens is 206 g/mol. The van der Waals surface area contributed by atoms with Crippen LogP contribution < -0.4 is 5.32 Å². The Hall–Kier alpha value is -1.84. The maximum atomic E-state index is 11.4. The summed E-state index contributed by atoms with van der Waals surface area (Å²) >= 11 is 0. The fourth-order valence-corrected chi connectivity index (χ4v) is 1.44. The van der Waals surface area contributed by atoms with Crippen LogP contribution in [0.15, 0.2) is 18.2 Å². The lowest BCUT2D eigenvalue weighted by atomic mass is 10.1. The molecular formula is C12H15NO3. The van der Waals surface area contributed by atoms with E-state index in [-0.39, 0.29) is 11.5 Å². The largest absolute Gasteiger partial charge is 0.478 e. The smallest absolute Gasteiger partial charge is 0.336 e. The van der Waals surface area contributed by atoms with Crippen molar-refractivity contribution in [3.8, 4) is 0 Å². The first-order valence-electron chi connectivity index (χ1n) is 5.19. The van der Waals surface area contributed by atoms with Crippen molar-refractivity contribution in [1.82, 2.24) is 0 Å². The molecule has 0 saturated carbocycles. The first kappa shape index (κ1) is 12.2. The predicted molar refractivity (Wildman–Crippen MR) is 61.7 cm³/mol. The summed E-state index contributed by atoms with van der Waals surface area (Å²) in [6, 6.07) is 4.85. The van der Waals surface area contributed by atoms with Crippen LogP contribution in [0.1, 0.15) is 35.7 Å². The SMILES string of the molecule is CCCC(=O)Nc1cccc(C(=O)O)c1C. The Kier molecular flexibility index (Phi) is 4.05. The fourth-order valence-electron chi connectivity index (χ4n) is 1.44. The van der Waals surface area contributed by atoms with Crippen molar-refractivity contribution in [3.05, 3.63) is 29.3 Å². The minimum atomic E-state index is -0.982. The van der Waals surface area contributed by atoms with E-state index in [2.05, 4.69) is 5.32 Å². The number of hydrogen-bond acceptors (Lipinski definition) is 2. The van der Waals surface area contributed by atoms with Crippen molar-refractivity contribution in [2.75, 3.05) is 5.32 Å². The zero-order valence-electron chi connectivity index (χ0n) is 9.41. The van der Waals surface area contributed by atoms with Gasteiger partial charge in [-0.1, -0.05) is 13.0 Å². The van der Waals surface area contributed by atoms with Crippen molar-refractivity contribution < 1.29 is 14.7 Å². The monoisotopic (exact) mass is 221 g/mol. The molecule has 0 aromatic heterocycles. The van der Waals surface area contributed by atoms with Crippen molar-refractivity contribution in [2.24, 2.45) is 0 Å². The van der Waals surface area contributed by atoms with Crippen LogP contribution in [0.4, 0.5) is 5.69 Å². The van der Waals surface area contributed by atoms with E-state index in [1.807, 2.05) is 6.92 Å². The van der Waals surface area contributed by atoms with E-state index in [1.54, 1.807) is 19.1 Å². The van der Waals surface area contributed by atoms with E-state index in [0.717, 1.165) is 6.42 Å². The summed E-state index contributed by atoms with van der Waals surface area (Å²) in [6.07, 6.45) is 1.21. The van der Waals surface area contributed by atoms with Crippen molar-refractivity contribution in [1.29, 1.82) is 0 Å². The molecule has 1 rings (SSSR count). The molecule has 0 spiro atoms. The number of aromatic carboxylic acids is 1. The lowest BCUT2D eigenvalue weighted by Gasteiger charge is -2.09. The molecule has 16 heavy (non-hydrogen) atoms. The van der Waals surface area contributed by atoms with Gasteiger partial charge in [-0.05, 0) is 31.0 Å². The molecule has 4 heteroatoms. The topological polar surface area (TPSA) is 66.4 Å². The molecule has 0 heterocycles. The summed E-state index contributed by atoms with van der Waals surface area (Å²) in [7, 11) is 0. The number of carboxylic acids is 1. The van der Waals surface area contributed by atoms with E-state index in [0.29, 0.717) is 17.7 Å². The number of carboxylic acid groups (broad SMARTS) is 1. The second-order valence-corrected chi connectivity index (χ2v) is 3.58. The van der Waals surface area contributed by atoms with Crippen LogP contribution in [0.2, 0.25) is 0 Å². The number of amides is 1. The molecule has 0 aliphatic rings. The Labute approximate surface area is 94.3 Å². The normalized spacial score (nSPS) is 9.88. The maximum absolute atomic E-state index is 11.4. The highest BCUT2D eigenvalue weighted by Crippen LogP contribution is 2.19. The zero-order chi connectivity index (χ0) is 12.1. The summed E-state index contributed by atoms with van der Waals surface area (Å²) in [6.45, 7) is 3.60. The van der Waals surface area contributed by atoms with Crippen molar-refractivity contribution in [2.45, 2.75) is 26.7 Å². The van der Waals surface area contributed by atoms with E-state index in [1.165, 1.54) is 6.07 Å². The second-order valence-electron chi connectivity index (χ2n) is 3.58. The standard InChI is InChI=1S/C12H15NO3/c1-3-5-11(14)13-10-7-4-6-9(8(10)2)12(15)16/h4,6-7H,3,5H2,1-2H3,(H,13,14)(H,15,16). The van der Waals surface area contributed by atoms with Gasteiger partial charge >= 0.3 is 5.97 Å². The van der Waals surface area contributed by atoms with Crippen molar-refractivity contribution in [3.63, 3.8) is 0 Å². The number of anilines is 1. The lowest BCUT2D eigenvalue weighted by Crippen LogP contribution is -2.13. The molecule has 1 aromatic carbocycles. The predicted octanol–water partition coefficient (Wildman–Crippen LogP) is 2.43. The molecule has 4 nitrogen and oxygen atoms in total. The van der Waals surface area contributed by atoms with Gasteiger partial charge in [0.2, 0.25) is 5.91 Å². The average molecular weight is 221 g/mol. The molecule has 0 bridgehead atoms. The van der Waals surface area contributed by atoms with Gasteiger partial charge < -0.3 is 10.4 Å². The Morgan fingerprint density at radius 1 is 1.38 bits per heavy atom. The Morgan fingerprint density at radius 3 is 2.62 bits per heavy atom. The number of benzene rings is 1. The van der Waals surface area contributed by atoms with Crippen LogP contribution in [0, 0.1) is 6.92 Å². The Balaban J connectivity index is 2.93. The van der Waals surface area contributed by atoms with Gasteiger partial charge in [0.05, 0.1) is 5.56 Å². The molecule has 0 aliphatic heterocycles. The molecule has 1 amide bonds. The Morgan fingerprint density at radius 2 is 2.06 bits per heavy atom. The molecule has 86 valence electrons. The Bertz CT molecular complexity index is 413. The third-order valence-corrected chi connectivity index (χ3v) is 2.32. The number of carbonyl (C=O) groups is 2.